The van der Waals surface area contributed by atoms with Crippen molar-refractivity contribution < 1.29 is 36.6 Å². The number of hydrogen-bond acceptors (Lipinski definition) is 3. The van der Waals surface area contributed by atoms with Crippen LogP contribution in [-0.2, 0) is 11.7 Å². The fraction of sp³-hybridized carbons (Fsp3) is 0.125. The van der Waals surface area contributed by atoms with Crippen LogP contribution in [0.5, 0.6) is 0 Å². The van der Waals surface area contributed by atoms with Gasteiger partial charge >= 0.3 is 12.1 Å². The third-order valence-electron chi connectivity index (χ3n) is 7.38. The van der Waals surface area contributed by atoms with Crippen LogP contribution >= 0.6 is 11.8 Å². The van der Waals surface area contributed by atoms with Crippen molar-refractivity contribution in [2.24, 2.45) is 0 Å². The molecule has 5 nitrogen and oxygen atoms in total. The fourth-order valence-electron chi connectivity index (χ4n) is 5.05. The van der Waals surface area contributed by atoms with Crippen molar-refractivity contribution in [3.63, 3.8) is 0 Å². The largest absolute Gasteiger partial charge is 0.478 e. The van der Waals surface area contributed by atoms with E-state index in [-0.39, 0.29) is 16.7 Å². The second kappa shape index (κ2) is 10.6. The molecule has 1 heterocycles. The van der Waals surface area contributed by atoms with Crippen molar-refractivity contribution in [3.05, 3.63) is 119 Å². The lowest BCUT2D eigenvalue weighted by Gasteiger charge is -2.19. The third kappa shape index (κ3) is 5.72. The number of alkyl halides is 3. The molecule has 1 aromatic heterocycles. The predicted octanol–water partition coefficient (Wildman–Crippen LogP) is 8.40. The molecule has 1 saturated carbocycles. The minimum atomic E-state index is -4.48. The zero-order valence-corrected chi connectivity index (χ0v) is 22.9. The predicted molar refractivity (Wildman–Crippen MR) is 151 cm³/mol. The van der Waals surface area contributed by atoms with E-state index in [4.69, 9.17) is 0 Å². The number of benzene rings is 4. The van der Waals surface area contributed by atoms with Gasteiger partial charge in [0.1, 0.15) is 11.6 Å². The summed E-state index contributed by atoms with van der Waals surface area (Å²) < 4.78 is 67.4. The van der Waals surface area contributed by atoms with E-state index in [1.165, 1.54) is 30.3 Å². The Morgan fingerprint density at radius 3 is 2.07 bits per heavy atom. The number of aromatic carboxylic acids is 1. The first-order valence-electron chi connectivity index (χ1n) is 13.0. The Morgan fingerprint density at radius 2 is 1.49 bits per heavy atom. The van der Waals surface area contributed by atoms with Crippen LogP contribution in [0.1, 0.15) is 44.7 Å². The van der Waals surface area contributed by atoms with E-state index in [9.17, 15) is 36.6 Å². The van der Waals surface area contributed by atoms with Gasteiger partial charge in [0.15, 0.2) is 0 Å². The number of rotatable bonds is 7. The van der Waals surface area contributed by atoms with E-state index in [0.717, 1.165) is 47.7 Å². The summed E-state index contributed by atoms with van der Waals surface area (Å²) in [6.45, 7) is 0. The standard InChI is InChI=1S/C32H21F5N2O3S/c33-22-11-18(12-23(34)15-22)19-13-25(29(40)39-31(9-10-31)20-3-1-17(2-4-20)30(41)42)28-26(14-19)38-16-27(28)43-24-7-5-21(6-8-24)32(35,36)37/h1-8,11-16,38H,9-10H2,(H,39,40)(H,41,42). The van der Waals surface area contributed by atoms with Gasteiger partial charge in [-0.25, -0.2) is 13.6 Å². The Morgan fingerprint density at radius 1 is 0.860 bits per heavy atom. The lowest BCUT2D eigenvalue weighted by Crippen LogP contribution is -2.35. The number of amides is 1. The molecule has 0 radical (unpaired) electrons. The highest BCUT2D eigenvalue weighted by Gasteiger charge is 2.46. The molecule has 0 spiro atoms. The van der Waals surface area contributed by atoms with Crippen LogP contribution < -0.4 is 5.32 Å². The molecule has 218 valence electrons. The minimum Gasteiger partial charge on any atom is -0.478 e. The Kier molecular flexibility index (Phi) is 7.00. The molecule has 1 fully saturated rings. The number of carbonyl (C=O) groups is 2. The third-order valence-corrected chi connectivity index (χ3v) is 8.43. The van der Waals surface area contributed by atoms with Gasteiger partial charge in [0, 0.05) is 33.0 Å². The van der Waals surface area contributed by atoms with Crippen LogP contribution in [0.4, 0.5) is 22.0 Å². The van der Waals surface area contributed by atoms with Gasteiger partial charge in [-0.15, -0.1) is 0 Å². The molecule has 0 unspecified atom stereocenters. The van der Waals surface area contributed by atoms with Crippen molar-refractivity contribution >= 4 is 34.5 Å². The maximum atomic E-state index is 14.1. The molecule has 6 rings (SSSR count). The molecule has 0 bridgehead atoms. The number of carboxylic acids is 1. The summed E-state index contributed by atoms with van der Waals surface area (Å²) in [4.78, 5) is 29.4. The summed E-state index contributed by atoms with van der Waals surface area (Å²) >= 11 is 1.16. The van der Waals surface area contributed by atoms with Crippen molar-refractivity contribution in [1.82, 2.24) is 10.3 Å². The quantitative estimate of drug-likeness (QED) is 0.162. The average Bonchev–Trinajstić information content (AvgIpc) is 3.63. The van der Waals surface area contributed by atoms with Crippen LogP contribution in [0.3, 0.4) is 0 Å². The van der Waals surface area contributed by atoms with Crippen molar-refractivity contribution in [3.8, 4) is 11.1 Å². The summed E-state index contributed by atoms with van der Waals surface area (Å²) in [6, 6.07) is 17.1. The number of hydrogen-bond donors (Lipinski definition) is 3. The molecule has 0 aliphatic heterocycles. The Balaban J connectivity index is 1.41. The number of H-pyrrole nitrogens is 1. The number of fused-ring (bicyclic) bond motifs is 1. The maximum absolute atomic E-state index is 14.1. The molecule has 1 amide bonds. The number of halogens is 5. The molecule has 1 aliphatic rings. The topological polar surface area (TPSA) is 82.2 Å². The highest BCUT2D eigenvalue weighted by Crippen LogP contribution is 2.46. The van der Waals surface area contributed by atoms with Gasteiger partial charge in [-0.05, 0) is 90.2 Å². The van der Waals surface area contributed by atoms with Gasteiger partial charge in [0.05, 0.1) is 22.2 Å². The summed E-state index contributed by atoms with van der Waals surface area (Å²) in [6.07, 6.45) is -1.63. The van der Waals surface area contributed by atoms with E-state index in [0.29, 0.717) is 39.1 Å². The molecule has 4 aromatic carbocycles. The summed E-state index contributed by atoms with van der Waals surface area (Å²) in [7, 11) is 0. The van der Waals surface area contributed by atoms with Crippen molar-refractivity contribution in [1.29, 1.82) is 0 Å². The van der Waals surface area contributed by atoms with Crippen LogP contribution in [0, 0.1) is 11.6 Å². The highest BCUT2D eigenvalue weighted by atomic mass is 32.2. The SMILES string of the molecule is O=C(O)c1ccc(C2(NC(=O)c3cc(-c4cc(F)cc(F)c4)cc4[nH]cc(Sc5ccc(C(F)(F)F)cc5)c34)CC2)cc1. The zero-order chi connectivity index (χ0) is 30.5. The van der Waals surface area contributed by atoms with Gasteiger partial charge in [0.2, 0.25) is 0 Å². The number of aromatic nitrogens is 1. The summed E-state index contributed by atoms with van der Waals surface area (Å²) in [5.74, 6) is -3.11. The van der Waals surface area contributed by atoms with Gasteiger partial charge < -0.3 is 15.4 Å². The molecule has 1 aliphatic carbocycles. The maximum Gasteiger partial charge on any atom is 0.416 e. The lowest BCUT2D eigenvalue weighted by molar-refractivity contribution is -0.137. The second-order valence-electron chi connectivity index (χ2n) is 10.3. The molecule has 3 N–H and O–H groups in total. The van der Waals surface area contributed by atoms with Crippen LogP contribution in [0.25, 0.3) is 22.0 Å². The van der Waals surface area contributed by atoms with E-state index in [2.05, 4.69) is 10.3 Å². The van der Waals surface area contributed by atoms with Gasteiger partial charge in [-0.3, -0.25) is 4.79 Å². The van der Waals surface area contributed by atoms with Gasteiger partial charge in [-0.2, -0.15) is 13.2 Å². The van der Waals surface area contributed by atoms with Crippen LogP contribution in [0.15, 0.2) is 94.9 Å². The van der Waals surface area contributed by atoms with E-state index >= 15 is 0 Å². The molecule has 11 heteroatoms. The van der Waals surface area contributed by atoms with Crippen molar-refractivity contribution in [2.45, 2.75) is 34.3 Å². The molecule has 43 heavy (non-hydrogen) atoms. The molecule has 0 saturated heterocycles. The van der Waals surface area contributed by atoms with E-state index < -0.39 is 40.8 Å². The number of nitrogens with one attached hydrogen (secondary N) is 2. The number of carbonyl (C=O) groups excluding carboxylic acids is 1. The lowest BCUT2D eigenvalue weighted by atomic mass is 9.98. The molecule has 5 aromatic rings. The Bertz CT molecular complexity index is 1860. The Hall–Kier alpha value is -4.64. The molecular weight excluding hydrogens is 587 g/mol. The first kappa shape index (κ1) is 28.5. The molecular formula is C32H21F5N2O3S. The smallest absolute Gasteiger partial charge is 0.416 e. The minimum absolute atomic E-state index is 0.111. The first-order valence-corrected chi connectivity index (χ1v) is 13.9. The Labute approximate surface area is 245 Å². The van der Waals surface area contributed by atoms with Crippen molar-refractivity contribution in [2.75, 3.05) is 0 Å². The average molecular weight is 609 g/mol. The number of aromatic amines is 1. The van der Waals surface area contributed by atoms with Gasteiger partial charge in [-0.1, -0.05) is 23.9 Å². The van der Waals surface area contributed by atoms with Gasteiger partial charge in [0.25, 0.3) is 5.91 Å². The normalized spacial score (nSPS) is 14.1. The van der Waals surface area contributed by atoms with E-state index in [1.807, 2.05) is 0 Å². The van der Waals surface area contributed by atoms with Crippen LogP contribution in [-0.4, -0.2) is 22.0 Å². The first-order chi connectivity index (χ1) is 20.4. The highest BCUT2D eigenvalue weighted by molar-refractivity contribution is 7.99. The fourth-order valence-corrected chi connectivity index (χ4v) is 6.02. The second-order valence-corrected chi connectivity index (χ2v) is 11.4. The summed E-state index contributed by atoms with van der Waals surface area (Å²) in [5.41, 5.74) is 0.606. The number of carboxylic acid groups (broad SMARTS) is 1. The van der Waals surface area contributed by atoms with Crippen LogP contribution in [0.2, 0.25) is 0 Å². The van der Waals surface area contributed by atoms with E-state index in [1.54, 1.807) is 24.4 Å². The monoisotopic (exact) mass is 608 g/mol. The molecule has 0 atom stereocenters. The zero-order valence-electron chi connectivity index (χ0n) is 22.1. The summed E-state index contributed by atoms with van der Waals surface area (Å²) in [5, 5.41) is 12.8.